The van der Waals surface area contributed by atoms with E-state index in [9.17, 15) is 13.2 Å². The molecule has 1 aromatic rings. The van der Waals surface area contributed by atoms with Gasteiger partial charge >= 0.3 is 5.97 Å². The van der Waals surface area contributed by atoms with E-state index >= 15 is 0 Å². The van der Waals surface area contributed by atoms with Crippen molar-refractivity contribution in [3.63, 3.8) is 0 Å². The number of aliphatic carboxylic acids is 1. The van der Waals surface area contributed by atoms with Gasteiger partial charge in [0.15, 0.2) is 5.03 Å². The van der Waals surface area contributed by atoms with E-state index in [4.69, 9.17) is 5.11 Å². The molecular formula is C8H13N3O4S. The Labute approximate surface area is 93.0 Å². The summed E-state index contributed by atoms with van der Waals surface area (Å²) in [6.45, 7) is 1.71. The Morgan fingerprint density at radius 1 is 1.69 bits per heavy atom. The van der Waals surface area contributed by atoms with Crippen molar-refractivity contribution in [3.05, 3.63) is 12.5 Å². The molecule has 1 rings (SSSR count). The van der Waals surface area contributed by atoms with Gasteiger partial charge < -0.3 is 10.1 Å². The molecule has 0 aliphatic carbocycles. The summed E-state index contributed by atoms with van der Waals surface area (Å²) < 4.78 is 25.6. The largest absolute Gasteiger partial charge is 0.481 e. The number of nitrogens with zero attached hydrogens (tertiary/aromatic N) is 1. The molecule has 0 aliphatic heterocycles. The van der Waals surface area contributed by atoms with Crippen LogP contribution in [0.3, 0.4) is 0 Å². The lowest BCUT2D eigenvalue weighted by Crippen LogP contribution is -2.36. The Hall–Kier alpha value is -1.41. The first-order chi connectivity index (χ1) is 7.45. The van der Waals surface area contributed by atoms with Crippen LogP contribution >= 0.6 is 0 Å². The summed E-state index contributed by atoms with van der Waals surface area (Å²) in [4.78, 5) is 16.5. The van der Waals surface area contributed by atoms with Crippen molar-refractivity contribution in [3.8, 4) is 0 Å². The summed E-state index contributed by atoms with van der Waals surface area (Å²) in [5, 5.41) is 8.51. The molecular weight excluding hydrogens is 234 g/mol. The van der Waals surface area contributed by atoms with Crippen LogP contribution in [0, 0.1) is 0 Å². The third kappa shape index (κ3) is 3.31. The molecule has 0 radical (unpaired) electrons. The molecule has 16 heavy (non-hydrogen) atoms. The molecule has 1 unspecified atom stereocenters. The van der Waals surface area contributed by atoms with E-state index in [0.29, 0.717) is 6.42 Å². The molecule has 0 aromatic carbocycles. The minimum atomic E-state index is -3.71. The molecule has 0 aliphatic rings. The molecule has 0 spiro atoms. The van der Waals surface area contributed by atoms with Crippen LogP contribution in [-0.2, 0) is 14.8 Å². The lowest BCUT2D eigenvalue weighted by molar-refractivity contribution is -0.137. The fourth-order valence-electron chi connectivity index (χ4n) is 1.15. The molecule has 0 saturated heterocycles. The Morgan fingerprint density at radius 3 is 2.81 bits per heavy atom. The molecule has 1 aromatic heterocycles. The Kier molecular flexibility index (Phi) is 4.02. The van der Waals surface area contributed by atoms with E-state index in [-0.39, 0.29) is 11.4 Å². The molecule has 8 heteroatoms. The van der Waals surface area contributed by atoms with Crippen LogP contribution in [0.1, 0.15) is 19.8 Å². The lowest BCUT2D eigenvalue weighted by Gasteiger charge is -2.13. The number of hydrogen-bond acceptors (Lipinski definition) is 4. The van der Waals surface area contributed by atoms with Gasteiger partial charge in [-0.1, -0.05) is 6.92 Å². The molecule has 7 nitrogen and oxygen atoms in total. The standard InChI is InChI=1S/C8H13N3O4S/c1-2-6(3-8(12)13)11-16(14,15)7-4-9-5-10-7/h4-6,11H,2-3H2,1H3,(H,9,10)(H,12,13). The number of carboxylic acids is 1. The van der Waals surface area contributed by atoms with Gasteiger partial charge in [0.05, 0.1) is 18.9 Å². The number of H-pyrrole nitrogens is 1. The van der Waals surface area contributed by atoms with Crippen LogP contribution < -0.4 is 4.72 Å². The first-order valence-corrected chi connectivity index (χ1v) is 6.16. The van der Waals surface area contributed by atoms with Gasteiger partial charge in [0.1, 0.15) is 0 Å². The van der Waals surface area contributed by atoms with Gasteiger partial charge in [0, 0.05) is 6.04 Å². The van der Waals surface area contributed by atoms with Crippen molar-refractivity contribution in [1.82, 2.24) is 14.7 Å². The minimum absolute atomic E-state index is 0.0728. The van der Waals surface area contributed by atoms with Gasteiger partial charge in [0.2, 0.25) is 0 Å². The maximum absolute atomic E-state index is 11.7. The lowest BCUT2D eigenvalue weighted by atomic mass is 10.2. The molecule has 0 fully saturated rings. The molecule has 0 bridgehead atoms. The number of carboxylic acid groups (broad SMARTS) is 1. The van der Waals surface area contributed by atoms with Gasteiger partial charge in [-0.3, -0.25) is 4.79 Å². The quantitative estimate of drug-likeness (QED) is 0.652. The second kappa shape index (κ2) is 5.08. The number of aromatic nitrogens is 2. The number of sulfonamides is 1. The highest BCUT2D eigenvalue weighted by atomic mass is 32.2. The molecule has 1 atom stereocenters. The summed E-state index contributed by atoms with van der Waals surface area (Å²) in [6.07, 6.45) is 2.56. The van der Waals surface area contributed by atoms with Crippen molar-refractivity contribution in [1.29, 1.82) is 0 Å². The van der Waals surface area contributed by atoms with Crippen LogP contribution in [0.25, 0.3) is 0 Å². The zero-order valence-electron chi connectivity index (χ0n) is 8.67. The van der Waals surface area contributed by atoms with Gasteiger partial charge in [-0.15, -0.1) is 0 Å². The summed E-state index contributed by atoms with van der Waals surface area (Å²) in [7, 11) is -3.71. The highest BCUT2D eigenvalue weighted by Crippen LogP contribution is 2.06. The number of imidazole rings is 1. The highest BCUT2D eigenvalue weighted by molar-refractivity contribution is 7.89. The summed E-state index contributed by atoms with van der Waals surface area (Å²) in [5.74, 6) is -1.04. The number of rotatable bonds is 6. The van der Waals surface area contributed by atoms with E-state index in [2.05, 4.69) is 14.7 Å². The van der Waals surface area contributed by atoms with E-state index in [1.54, 1.807) is 6.92 Å². The first-order valence-electron chi connectivity index (χ1n) is 4.68. The van der Waals surface area contributed by atoms with Crippen LogP contribution in [0.2, 0.25) is 0 Å². The first kappa shape index (κ1) is 12.7. The van der Waals surface area contributed by atoms with Gasteiger partial charge in [-0.25, -0.2) is 18.1 Å². The Balaban J connectivity index is 2.75. The van der Waals surface area contributed by atoms with Gasteiger partial charge in [-0.2, -0.15) is 0 Å². The topological polar surface area (TPSA) is 112 Å². The normalized spacial score (nSPS) is 13.6. The Bertz CT molecular complexity index is 440. The van der Waals surface area contributed by atoms with Gasteiger partial charge in [-0.05, 0) is 6.42 Å². The summed E-state index contributed by atoms with van der Waals surface area (Å²) >= 11 is 0. The van der Waals surface area contributed by atoms with E-state index < -0.39 is 22.0 Å². The number of hydrogen-bond donors (Lipinski definition) is 3. The fraction of sp³-hybridized carbons (Fsp3) is 0.500. The van der Waals surface area contributed by atoms with Crippen molar-refractivity contribution < 1.29 is 18.3 Å². The van der Waals surface area contributed by atoms with E-state index in [0.717, 1.165) is 6.20 Å². The average Bonchev–Trinajstić information content (AvgIpc) is 2.68. The molecule has 0 saturated carbocycles. The molecule has 90 valence electrons. The van der Waals surface area contributed by atoms with Crippen molar-refractivity contribution in [2.45, 2.75) is 30.8 Å². The third-order valence-corrected chi connectivity index (χ3v) is 3.44. The molecule has 3 N–H and O–H groups in total. The predicted octanol–water partition coefficient (Wildman–Crippen LogP) is -0.0587. The smallest absolute Gasteiger partial charge is 0.304 e. The van der Waals surface area contributed by atoms with E-state index in [1.165, 1.54) is 6.33 Å². The van der Waals surface area contributed by atoms with Crippen LogP contribution in [-0.4, -0.2) is 35.5 Å². The van der Waals surface area contributed by atoms with Crippen LogP contribution in [0.4, 0.5) is 0 Å². The van der Waals surface area contributed by atoms with Crippen molar-refractivity contribution >= 4 is 16.0 Å². The number of carbonyl (C=O) groups is 1. The maximum Gasteiger partial charge on any atom is 0.304 e. The zero-order valence-corrected chi connectivity index (χ0v) is 9.49. The number of aromatic amines is 1. The monoisotopic (exact) mass is 247 g/mol. The zero-order chi connectivity index (χ0) is 12.2. The number of nitrogens with one attached hydrogen (secondary N) is 2. The predicted molar refractivity (Wildman–Crippen MR) is 55.2 cm³/mol. The van der Waals surface area contributed by atoms with Crippen molar-refractivity contribution in [2.24, 2.45) is 0 Å². The maximum atomic E-state index is 11.7. The van der Waals surface area contributed by atoms with Gasteiger partial charge in [0.25, 0.3) is 10.0 Å². The average molecular weight is 247 g/mol. The minimum Gasteiger partial charge on any atom is -0.481 e. The second-order valence-electron chi connectivity index (χ2n) is 3.24. The Morgan fingerprint density at radius 2 is 2.38 bits per heavy atom. The van der Waals surface area contributed by atoms with Crippen LogP contribution in [0.5, 0.6) is 0 Å². The van der Waals surface area contributed by atoms with Crippen molar-refractivity contribution in [2.75, 3.05) is 0 Å². The SMILES string of the molecule is CCC(CC(=O)O)NS(=O)(=O)c1cnc[nH]1. The van der Waals surface area contributed by atoms with Crippen LogP contribution in [0.15, 0.2) is 17.6 Å². The summed E-state index contributed by atoms with van der Waals surface area (Å²) in [5.41, 5.74) is 0. The highest BCUT2D eigenvalue weighted by Gasteiger charge is 2.21. The fourth-order valence-corrected chi connectivity index (χ4v) is 2.38. The summed E-state index contributed by atoms with van der Waals surface area (Å²) in [6, 6.07) is -0.620. The molecule has 0 amide bonds. The second-order valence-corrected chi connectivity index (χ2v) is 4.92. The van der Waals surface area contributed by atoms with E-state index in [1.807, 2.05) is 0 Å². The molecule has 1 heterocycles. The third-order valence-electron chi connectivity index (χ3n) is 2.00.